The van der Waals surface area contributed by atoms with E-state index in [2.05, 4.69) is 16.4 Å². The molecule has 1 aromatic heterocycles. The highest BCUT2D eigenvalue weighted by Gasteiger charge is 2.19. The van der Waals surface area contributed by atoms with Gasteiger partial charge in [-0.1, -0.05) is 37.3 Å². The first kappa shape index (κ1) is 26.5. The second kappa shape index (κ2) is 12.5. The van der Waals surface area contributed by atoms with Crippen molar-refractivity contribution in [2.24, 2.45) is 0 Å². The highest BCUT2D eigenvalue weighted by atomic mass is 16.5. The zero-order valence-electron chi connectivity index (χ0n) is 21.5. The Hall–Kier alpha value is -4.12. The molecule has 0 aliphatic carbocycles. The van der Waals surface area contributed by atoms with Crippen LogP contribution in [0, 0.1) is 11.3 Å². The average Bonchev–Trinajstić information content (AvgIpc) is 2.91. The Labute approximate surface area is 212 Å². The van der Waals surface area contributed by atoms with Crippen LogP contribution in [0.1, 0.15) is 41.8 Å². The molecule has 36 heavy (non-hydrogen) atoms. The first-order valence-electron chi connectivity index (χ1n) is 12.0. The standard InChI is InChI=1S/C28H33N5O3/c1-6-19(2)31-27(34)23-18-30-28(32-26(23)22-10-7-20(8-11-22)13-15-29)33(3)16-14-21-9-12-24(35-4)25(17-21)36-5/h7-12,17-19H,6,13-14,16H2,1-5H3,(H,31,34). The Balaban J connectivity index is 1.88. The Kier molecular flexibility index (Phi) is 9.23. The normalized spacial score (nSPS) is 11.3. The van der Waals surface area contributed by atoms with E-state index in [0.29, 0.717) is 41.7 Å². The SMILES string of the molecule is CCC(C)NC(=O)c1cnc(N(C)CCc2ccc(OC)c(OC)c2)nc1-c1ccc(CC#N)cc1. The van der Waals surface area contributed by atoms with E-state index in [1.165, 1.54) is 0 Å². The number of benzene rings is 2. The number of carbonyl (C=O) groups is 1. The summed E-state index contributed by atoms with van der Waals surface area (Å²) >= 11 is 0. The molecule has 0 radical (unpaired) electrons. The molecule has 1 heterocycles. The van der Waals surface area contributed by atoms with Crippen LogP contribution in [-0.4, -0.2) is 49.7 Å². The van der Waals surface area contributed by atoms with E-state index in [1.54, 1.807) is 20.4 Å². The fourth-order valence-electron chi connectivity index (χ4n) is 3.65. The molecule has 8 nitrogen and oxygen atoms in total. The van der Waals surface area contributed by atoms with Gasteiger partial charge in [0.05, 0.1) is 38.0 Å². The van der Waals surface area contributed by atoms with Crippen molar-refractivity contribution in [3.05, 3.63) is 65.4 Å². The summed E-state index contributed by atoms with van der Waals surface area (Å²) < 4.78 is 10.7. The van der Waals surface area contributed by atoms with Crippen molar-refractivity contribution in [2.45, 2.75) is 39.2 Å². The molecule has 0 saturated heterocycles. The molecule has 2 aromatic carbocycles. The highest BCUT2D eigenvalue weighted by Crippen LogP contribution is 2.28. The summed E-state index contributed by atoms with van der Waals surface area (Å²) in [6.45, 7) is 4.65. The predicted molar refractivity (Wildman–Crippen MR) is 141 cm³/mol. The number of methoxy groups -OCH3 is 2. The number of ether oxygens (including phenoxy) is 2. The van der Waals surface area contributed by atoms with Crippen molar-refractivity contribution < 1.29 is 14.3 Å². The third-order valence-electron chi connectivity index (χ3n) is 6.05. The molecule has 1 N–H and O–H groups in total. The number of aromatic nitrogens is 2. The third kappa shape index (κ3) is 6.51. The second-order valence-electron chi connectivity index (χ2n) is 8.61. The van der Waals surface area contributed by atoms with E-state index in [4.69, 9.17) is 19.7 Å². The van der Waals surface area contributed by atoms with Gasteiger partial charge in [-0.3, -0.25) is 4.79 Å². The van der Waals surface area contributed by atoms with Crippen LogP contribution < -0.4 is 19.7 Å². The first-order chi connectivity index (χ1) is 17.4. The molecule has 0 fully saturated rings. The monoisotopic (exact) mass is 487 g/mol. The van der Waals surface area contributed by atoms with Crippen molar-refractivity contribution in [1.82, 2.24) is 15.3 Å². The van der Waals surface area contributed by atoms with E-state index in [1.807, 2.05) is 68.3 Å². The Bertz CT molecular complexity index is 1220. The number of carbonyl (C=O) groups excluding carboxylic acids is 1. The molecule has 0 aliphatic heterocycles. The number of anilines is 1. The van der Waals surface area contributed by atoms with Crippen molar-refractivity contribution in [3.8, 4) is 28.8 Å². The summed E-state index contributed by atoms with van der Waals surface area (Å²) in [5.41, 5.74) is 3.77. The van der Waals surface area contributed by atoms with Crippen LogP contribution in [0.4, 0.5) is 5.95 Å². The smallest absolute Gasteiger partial charge is 0.255 e. The van der Waals surface area contributed by atoms with Gasteiger partial charge in [0.2, 0.25) is 5.95 Å². The van der Waals surface area contributed by atoms with Crippen LogP contribution >= 0.6 is 0 Å². The van der Waals surface area contributed by atoms with Crippen molar-refractivity contribution in [1.29, 1.82) is 5.26 Å². The van der Waals surface area contributed by atoms with Gasteiger partial charge in [-0.25, -0.2) is 9.97 Å². The summed E-state index contributed by atoms with van der Waals surface area (Å²) in [7, 11) is 5.16. The van der Waals surface area contributed by atoms with Gasteiger partial charge in [0.15, 0.2) is 11.5 Å². The molecule has 0 saturated carbocycles. The summed E-state index contributed by atoms with van der Waals surface area (Å²) in [6, 6.07) is 15.6. The number of hydrogen-bond donors (Lipinski definition) is 1. The molecule has 8 heteroatoms. The lowest BCUT2D eigenvalue weighted by Gasteiger charge is -2.20. The molecule has 3 rings (SSSR count). The third-order valence-corrected chi connectivity index (χ3v) is 6.05. The van der Waals surface area contributed by atoms with Crippen molar-refractivity contribution >= 4 is 11.9 Å². The minimum absolute atomic E-state index is 0.0344. The summed E-state index contributed by atoms with van der Waals surface area (Å²) in [5, 5.41) is 12.0. The fourth-order valence-corrected chi connectivity index (χ4v) is 3.65. The van der Waals surface area contributed by atoms with Gasteiger partial charge in [0, 0.05) is 31.4 Å². The maximum atomic E-state index is 13.0. The molecule has 0 aliphatic rings. The topological polar surface area (TPSA) is 100 Å². The number of hydrogen-bond acceptors (Lipinski definition) is 7. The number of nitrogens with zero attached hydrogens (tertiary/aromatic N) is 4. The Morgan fingerprint density at radius 2 is 1.81 bits per heavy atom. The van der Waals surface area contributed by atoms with E-state index in [9.17, 15) is 4.79 Å². The highest BCUT2D eigenvalue weighted by molar-refractivity contribution is 6.00. The van der Waals surface area contributed by atoms with E-state index in [0.717, 1.165) is 29.5 Å². The van der Waals surface area contributed by atoms with Crippen LogP contribution in [0.25, 0.3) is 11.3 Å². The largest absolute Gasteiger partial charge is 0.493 e. The number of nitriles is 1. The minimum Gasteiger partial charge on any atom is -0.493 e. The molecule has 188 valence electrons. The van der Waals surface area contributed by atoms with Crippen LogP contribution in [-0.2, 0) is 12.8 Å². The van der Waals surface area contributed by atoms with Gasteiger partial charge in [-0.15, -0.1) is 0 Å². The maximum Gasteiger partial charge on any atom is 0.255 e. The predicted octanol–water partition coefficient (Wildman–Crippen LogP) is 4.43. The fraction of sp³-hybridized carbons (Fsp3) is 0.357. The zero-order valence-corrected chi connectivity index (χ0v) is 21.5. The number of nitrogens with one attached hydrogen (secondary N) is 1. The van der Waals surface area contributed by atoms with Crippen molar-refractivity contribution in [3.63, 3.8) is 0 Å². The van der Waals surface area contributed by atoms with Crippen LogP contribution in [0.2, 0.25) is 0 Å². The van der Waals surface area contributed by atoms with Crippen LogP contribution in [0.5, 0.6) is 11.5 Å². The quantitative estimate of drug-likeness (QED) is 0.427. The average molecular weight is 488 g/mol. The lowest BCUT2D eigenvalue weighted by Crippen LogP contribution is -2.33. The molecular formula is C28H33N5O3. The number of likely N-dealkylation sites (N-methyl/N-ethyl adjacent to an activating group) is 1. The number of rotatable bonds is 11. The molecule has 1 atom stereocenters. The molecule has 0 spiro atoms. The van der Waals surface area contributed by atoms with Gasteiger partial charge < -0.3 is 19.7 Å². The lowest BCUT2D eigenvalue weighted by atomic mass is 10.0. The van der Waals surface area contributed by atoms with Gasteiger partial charge >= 0.3 is 0 Å². The van der Waals surface area contributed by atoms with Gasteiger partial charge in [-0.05, 0) is 43.0 Å². The van der Waals surface area contributed by atoms with E-state index >= 15 is 0 Å². The Morgan fingerprint density at radius 3 is 2.44 bits per heavy atom. The minimum atomic E-state index is -0.208. The summed E-state index contributed by atoms with van der Waals surface area (Å²) in [6.07, 6.45) is 3.48. The second-order valence-corrected chi connectivity index (χ2v) is 8.61. The molecule has 3 aromatic rings. The maximum absolute atomic E-state index is 13.0. The van der Waals surface area contributed by atoms with Gasteiger partial charge in [0.25, 0.3) is 5.91 Å². The van der Waals surface area contributed by atoms with Crippen molar-refractivity contribution in [2.75, 3.05) is 32.7 Å². The van der Waals surface area contributed by atoms with E-state index in [-0.39, 0.29) is 11.9 Å². The summed E-state index contributed by atoms with van der Waals surface area (Å²) in [5.74, 6) is 1.69. The number of amides is 1. The molecule has 0 bridgehead atoms. The molecular weight excluding hydrogens is 454 g/mol. The molecule has 1 amide bonds. The summed E-state index contributed by atoms with van der Waals surface area (Å²) in [4.78, 5) is 24.3. The van der Waals surface area contributed by atoms with Gasteiger partial charge in [0.1, 0.15) is 0 Å². The zero-order chi connectivity index (χ0) is 26.1. The Morgan fingerprint density at radius 1 is 1.11 bits per heavy atom. The van der Waals surface area contributed by atoms with Gasteiger partial charge in [-0.2, -0.15) is 5.26 Å². The lowest BCUT2D eigenvalue weighted by molar-refractivity contribution is 0.0939. The van der Waals surface area contributed by atoms with E-state index < -0.39 is 0 Å². The van der Waals surface area contributed by atoms with Crippen LogP contribution in [0.3, 0.4) is 0 Å². The first-order valence-corrected chi connectivity index (χ1v) is 12.0. The molecule has 1 unspecified atom stereocenters. The van der Waals surface area contributed by atoms with Crippen LogP contribution in [0.15, 0.2) is 48.7 Å².